The molecule has 2 unspecified atom stereocenters. The van der Waals surface area contributed by atoms with Gasteiger partial charge in [-0.2, -0.15) is 0 Å². The summed E-state index contributed by atoms with van der Waals surface area (Å²) in [5, 5.41) is 14.3. The first-order valence-electron chi connectivity index (χ1n) is 6.50. The number of amides is 1. The normalized spacial score (nSPS) is 31.9. The molecule has 19 heavy (non-hydrogen) atoms. The van der Waals surface area contributed by atoms with Crippen molar-refractivity contribution in [3.05, 3.63) is 11.1 Å². The Morgan fingerprint density at radius 2 is 2.00 bits per heavy atom. The predicted octanol–water partition coefficient (Wildman–Crippen LogP) is 1.88. The number of hydrogen-bond donors (Lipinski definition) is 1. The SMILES string of the molecule is CC1=C(C)C(O)N(C2=NOCC2(C)C(C)(C)C)C1=O. The van der Waals surface area contributed by atoms with Gasteiger partial charge in [-0.05, 0) is 31.8 Å². The summed E-state index contributed by atoms with van der Waals surface area (Å²) in [5.74, 6) is 0.332. The minimum absolute atomic E-state index is 0.132. The first-order valence-corrected chi connectivity index (χ1v) is 6.50. The van der Waals surface area contributed by atoms with Gasteiger partial charge in [-0.3, -0.25) is 9.69 Å². The molecule has 2 rings (SSSR count). The number of hydrogen-bond acceptors (Lipinski definition) is 4. The molecule has 106 valence electrons. The molecule has 0 radical (unpaired) electrons. The van der Waals surface area contributed by atoms with Crippen LogP contribution in [0.25, 0.3) is 0 Å². The van der Waals surface area contributed by atoms with Gasteiger partial charge in [0.2, 0.25) is 0 Å². The number of rotatable bonds is 0. The fourth-order valence-corrected chi connectivity index (χ4v) is 2.31. The second-order valence-corrected chi connectivity index (χ2v) is 6.63. The van der Waals surface area contributed by atoms with Crippen LogP contribution in [0.15, 0.2) is 16.3 Å². The van der Waals surface area contributed by atoms with Crippen LogP contribution in [0.2, 0.25) is 0 Å². The second-order valence-electron chi connectivity index (χ2n) is 6.63. The van der Waals surface area contributed by atoms with Crippen LogP contribution in [0, 0.1) is 10.8 Å². The average molecular weight is 266 g/mol. The van der Waals surface area contributed by atoms with Gasteiger partial charge in [0, 0.05) is 5.57 Å². The van der Waals surface area contributed by atoms with Crippen molar-refractivity contribution >= 4 is 11.7 Å². The molecule has 2 aliphatic heterocycles. The first kappa shape index (κ1) is 14.1. The molecule has 0 fully saturated rings. The fraction of sp³-hybridized carbons (Fsp3) is 0.714. The van der Waals surface area contributed by atoms with Crippen LogP contribution >= 0.6 is 0 Å². The average Bonchev–Trinajstić information content (AvgIpc) is 2.77. The summed E-state index contributed by atoms with van der Waals surface area (Å²) in [5.41, 5.74) is 0.718. The minimum Gasteiger partial charge on any atom is -0.393 e. The summed E-state index contributed by atoms with van der Waals surface area (Å²) in [4.78, 5) is 18.9. The summed E-state index contributed by atoms with van der Waals surface area (Å²) in [6, 6.07) is 0. The molecule has 0 bridgehead atoms. The molecule has 0 spiro atoms. The first-order chi connectivity index (χ1) is 8.61. The summed E-state index contributed by atoms with van der Waals surface area (Å²) >= 11 is 0. The lowest BCUT2D eigenvalue weighted by Crippen LogP contribution is -2.52. The van der Waals surface area contributed by atoms with E-state index in [0.717, 1.165) is 0 Å². The summed E-state index contributed by atoms with van der Waals surface area (Å²) in [7, 11) is 0. The van der Waals surface area contributed by atoms with E-state index >= 15 is 0 Å². The molecule has 2 heterocycles. The van der Waals surface area contributed by atoms with Crippen LogP contribution in [0.3, 0.4) is 0 Å². The van der Waals surface area contributed by atoms with Gasteiger partial charge in [0.25, 0.3) is 5.91 Å². The Morgan fingerprint density at radius 1 is 1.42 bits per heavy atom. The zero-order valence-corrected chi connectivity index (χ0v) is 12.4. The van der Waals surface area contributed by atoms with Crippen molar-refractivity contribution in [2.75, 3.05) is 6.61 Å². The zero-order chi connectivity index (χ0) is 14.6. The molecular weight excluding hydrogens is 244 g/mol. The van der Waals surface area contributed by atoms with Crippen molar-refractivity contribution in [2.24, 2.45) is 16.0 Å². The molecule has 0 saturated heterocycles. The van der Waals surface area contributed by atoms with Gasteiger partial charge in [-0.25, -0.2) is 0 Å². The zero-order valence-electron chi connectivity index (χ0n) is 12.4. The van der Waals surface area contributed by atoms with Crippen LogP contribution in [0.4, 0.5) is 0 Å². The predicted molar refractivity (Wildman–Crippen MR) is 72.2 cm³/mol. The van der Waals surface area contributed by atoms with E-state index in [1.54, 1.807) is 13.8 Å². The summed E-state index contributed by atoms with van der Waals surface area (Å²) < 4.78 is 0. The highest BCUT2D eigenvalue weighted by atomic mass is 16.6. The molecule has 0 saturated carbocycles. The van der Waals surface area contributed by atoms with Crippen molar-refractivity contribution < 1.29 is 14.7 Å². The lowest BCUT2D eigenvalue weighted by atomic mass is 9.67. The fourth-order valence-electron chi connectivity index (χ4n) is 2.31. The number of carbonyl (C=O) groups is 1. The minimum atomic E-state index is -0.936. The Bertz CT molecular complexity index is 487. The van der Waals surface area contributed by atoms with Crippen molar-refractivity contribution in [3.8, 4) is 0 Å². The Hall–Kier alpha value is -1.36. The van der Waals surface area contributed by atoms with Gasteiger partial charge < -0.3 is 9.94 Å². The highest BCUT2D eigenvalue weighted by Gasteiger charge is 2.53. The van der Waals surface area contributed by atoms with Crippen LogP contribution in [-0.4, -0.2) is 34.6 Å². The van der Waals surface area contributed by atoms with Crippen LogP contribution < -0.4 is 0 Å². The maximum absolute atomic E-state index is 12.3. The molecule has 5 heteroatoms. The van der Waals surface area contributed by atoms with Gasteiger partial charge in [0.05, 0.1) is 5.41 Å². The van der Waals surface area contributed by atoms with Gasteiger partial charge in [-0.1, -0.05) is 25.9 Å². The van der Waals surface area contributed by atoms with Crippen molar-refractivity contribution in [1.82, 2.24) is 4.90 Å². The molecule has 0 aromatic carbocycles. The molecule has 2 aliphatic rings. The van der Waals surface area contributed by atoms with Crippen LogP contribution in [0.5, 0.6) is 0 Å². The Kier molecular flexibility index (Phi) is 3.01. The van der Waals surface area contributed by atoms with Crippen LogP contribution in [-0.2, 0) is 9.63 Å². The van der Waals surface area contributed by atoms with E-state index in [0.29, 0.717) is 23.6 Å². The van der Waals surface area contributed by atoms with Crippen molar-refractivity contribution in [2.45, 2.75) is 47.8 Å². The largest absolute Gasteiger partial charge is 0.393 e. The van der Waals surface area contributed by atoms with Gasteiger partial charge in [0.1, 0.15) is 6.61 Å². The van der Waals surface area contributed by atoms with Gasteiger partial charge in [-0.15, -0.1) is 0 Å². The quantitative estimate of drug-likeness (QED) is 0.728. The molecular formula is C14H22N2O3. The van der Waals surface area contributed by atoms with Gasteiger partial charge in [0.15, 0.2) is 12.1 Å². The van der Waals surface area contributed by atoms with E-state index in [-0.39, 0.29) is 11.3 Å². The standard InChI is InChI=1S/C14H22N2O3/c1-8-9(2)11(18)16(10(8)17)12-14(6,7-19-15-12)13(3,4)5/h10,17H,7H2,1-6H3. The molecule has 0 aliphatic carbocycles. The maximum Gasteiger partial charge on any atom is 0.257 e. The highest BCUT2D eigenvalue weighted by Crippen LogP contribution is 2.45. The van der Waals surface area contributed by atoms with Crippen molar-refractivity contribution in [3.63, 3.8) is 0 Å². The molecule has 0 aromatic rings. The monoisotopic (exact) mass is 266 g/mol. The lowest BCUT2D eigenvalue weighted by molar-refractivity contribution is -0.126. The number of amidine groups is 1. The molecule has 5 nitrogen and oxygen atoms in total. The summed E-state index contributed by atoms with van der Waals surface area (Å²) in [6.45, 7) is 12.2. The summed E-state index contributed by atoms with van der Waals surface area (Å²) in [6.07, 6.45) is -0.936. The molecule has 0 aromatic heterocycles. The lowest BCUT2D eigenvalue weighted by Gasteiger charge is -2.40. The van der Waals surface area contributed by atoms with Crippen LogP contribution in [0.1, 0.15) is 41.5 Å². The topological polar surface area (TPSA) is 62.1 Å². The maximum atomic E-state index is 12.3. The third-order valence-electron chi connectivity index (χ3n) is 4.64. The molecule has 2 atom stereocenters. The van der Waals surface area contributed by atoms with Crippen molar-refractivity contribution in [1.29, 1.82) is 0 Å². The smallest absolute Gasteiger partial charge is 0.257 e. The molecule has 1 amide bonds. The van der Waals surface area contributed by atoms with E-state index in [4.69, 9.17) is 4.84 Å². The third kappa shape index (κ3) is 1.79. The van der Waals surface area contributed by atoms with E-state index in [9.17, 15) is 9.90 Å². The number of oxime groups is 1. The Morgan fingerprint density at radius 3 is 2.42 bits per heavy atom. The van der Waals surface area contributed by atoms with E-state index in [1.807, 2.05) is 6.92 Å². The van der Waals surface area contributed by atoms with E-state index < -0.39 is 11.6 Å². The molecule has 1 N–H and O–H groups in total. The third-order valence-corrected chi connectivity index (χ3v) is 4.64. The second kappa shape index (κ2) is 4.07. The number of carbonyl (C=O) groups excluding carboxylic acids is 1. The van der Waals surface area contributed by atoms with E-state index in [2.05, 4.69) is 25.9 Å². The highest BCUT2D eigenvalue weighted by molar-refractivity contribution is 6.10. The number of aliphatic hydroxyl groups excluding tert-OH is 1. The number of nitrogens with zero attached hydrogens (tertiary/aromatic N) is 2. The Balaban J connectivity index is 2.42. The van der Waals surface area contributed by atoms with E-state index in [1.165, 1.54) is 4.90 Å². The Labute approximate surface area is 113 Å². The van der Waals surface area contributed by atoms with Gasteiger partial charge >= 0.3 is 0 Å². The number of aliphatic hydroxyl groups is 1.